The Kier molecular flexibility index (Phi) is 3.97. The molecule has 142 valence electrons. The van der Waals surface area contributed by atoms with E-state index in [1.54, 1.807) is 0 Å². The Bertz CT molecular complexity index is 1160. The summed E-state index contributed by atoms with van der Waals surface area (Å²) in [5.74, 6) is -0.307. The van der Waals surface area contributed by atoms with Gasteiger partial charge < -0.3 is 14.6 Å². The molecule has 2 aromatic carbocycles. The molecule has 0 atom stereocenters. The molecule has 2 aliphatic rings. The SMILES string of the molecule is Cc1ccccc1NC(=O)c1cc2cc3c4c(c2oc1=N)CCCN4CCC3. The van der Waals surface area contributed by atoms with Gasteiger partial charge in [-0.1, -0.05) is 18.2 Å². The van der Waals surface area contributed by atoms with Crippen LogP contribution in [0.15, 0.2) is 40.8 Å². The van der Waals surface area contributed by atoms with E-state index in [2.05, 4.69) is 16.3 Å². The number of nitrogens with zero attached hydrogens (tertiary/aromatic N) is 1. The lowest BCUT2D eigenvalue weighted by Crippen LogP contribution is -2.34. The number of carbonyl (C=O) groups excluding carboxylic acids is 1. The number of fused-ring (bicyclic) bond motifs is 2. The third-order valence-corrected chi connectivity index (χ3v) is 5.89. The monoisotopic (exact) mass is 373 g/mol. The molecule has 28 heavy (non-hydrogen) atoms. The number of carbonyl (C=O) groups is 1. The maximum Gasteiger partial charge on any atom is 0.261 e. The molecule has 0 unspecified atom stereocenters. The van der Waals surface area contributed by atoms with Crippen molar-refractivity contribution in [3.05, 3.63) is 64.2 Å². The number of rotatable bonds is 2. The predicted molar refractivity (Wildman–Crippen MR) is 110 cm³/mol. The lowest BCUT2D eigenvalue weighted by molar-refractivity contribution is 0.102. The zero-order chi connectivity index (χ0) is 19.3. The van der Waals surface area contributed by atoms with Crippen LogP contribution in [0.4, 0.5) is 11.4 Å². The summed E-state index contributed by atoms with van der Waals surface area (Å²) in [5, 5.41) is 12.2. The van der Waals surface area contributed by atoms with Gasteiger partial charge in [-0.05, 0) is 61.9 Å². The smallest absolute Gasteiger partial charge is 0.261 e. The Morgan fingerprint density at radius 1 is 1.14 bits per heavy atom. The summed E-state index contributed by atoms with van der Waals surface area (Å²) in [6.45, 7) is 4.14. The van der Waals surface area contributed by atoms with Crippen molar-refractivity contribution >= 4 is 28.3 Å². The van der Waals surface area contributed by atoms with Crippen LogP contribution >= 0.6 is 0 Å². The lowest BCUT2D eigenvalue weighted by atomic mass is 9.90. The van der Waals surface area contributed by atoms with E-state index in [-0.39, 0.29) is 17.0 Å². The van der Waals surface area contributed by atoms with Gasteiger partial charge in [0.15, 0.2) is 0 Å². The summed E-state index contributed by atoms with van der Waals surface area (Å²) >= 11 is 0. The first-order valence-electron chi connectivity index (χ1n) is 9.91. The molecule has 0 spiro atoms. The van der Waals surface area contributed by atoms with Crippen LogP contribution in [-0.4, -0.2) is 19.0 Å². The van der Waals surface area contributed by atoms with Crippen LogP contribution in [0, 0.1) is 12.3 Å². The molecule has 0 fully saturated rings. The van der Waals surface area contributed by atoms with Gasteiger partial charge >= 0.3 is 0 Å². The second-order valence-corrected chi connectivity index (χ2v) is 7.73. The van der Waals surface area contributed by atoms with Gasteiger partial charge in [0.2, 0.25) is 5.55 Å². The molecule has 0 aliphatic carbocycles. The molecule has 3 heterocycles. The van der Waals surface area contributed by atoms with Gasteiger partial charge in [0, 0.05) is 35.4 Å². The number of aryl methyl sites for hydroxylation is 3. The van der Waals surface area contributed by atoms with E-state index in [4.69, 9.17) is 9.83 Å². The Labute approximate surface area is 163 Å². The predicted octanol–water partition coefficient (Wildman–Crippen LogP) is 4.17. The van der Waals surface area contributed by atoms with Gasteiger partial charge in [-0.25, -0.2) is 0 Å². The van der Waals surface area contributed by atoms with Crippen LogP contribution < -0.4 is 15.8 Å². The lowest BCUT2D eigenvalue weighted by Gasteiger charge is -2.37. The molecule has 1 aromatic heterocycles. The average molecular weight is 373 g/mol. The van der Waals surface area contributed by atoms with E-state index in [0.29, 0.717) is 0 Å². The summed E-state index contributed by atoms with van der Waals surface area (Å²) in [7, 11) is 0. The van der Waals surface area contributed by atoms with Gasteiger partial charge in [-0.2, -0.15) is 0 Å². The number of amides is 1. The van der Waals surface area contributed by atoms with Crippen LogP contribution in [-0.2, 0) is 12.8 Å². The quantitative estimate of drug-likeness (QED) is 0.708. The van der Waals surface area contributed by atoms with Gasteiger partial charge in [0.25, 0.3) is 5.91 Å². The molecule has 0 saturated carbocycles. The first-order valence-corrected chi connectivity index (χ1v) is 9.91. The summed E-state index contributed by atoms with van der Waals surface area (Å²) in [5.41, 5.74) is 6.55. The second kappa shape index (κ2) is 6.51. The van der Waals surface area contributed by atoms with Crippen molar-refractivity contribution in [2.24, 2.45) is 0 Å². The number of nitrogens with one attached hydrogen (secondary N) is 2. The summed E-state index contributed by atoms with van der Waals surface area (Å²) in [4.78, 5) is 15.3. The molecular formula is C23H23N3O2. The summed E-state index contributed by atoms with van der Waals surface area (Å²) in [6.07, 6.45) is 4.28. The van der Waals surface area contributed by atoms with Crippen LogP contribution in [0.25, 0.3) is 11.0 Å². The summed E-state index contributed by atoms with van der Waals surface area (Å²) < 4.78 is 5.93. The maximum atomic E-state index is 12.8. The van der Waals surface area contributed by atoms with Crippen molar-refractivity contribution in [3.8, 4) is 0 Å². The molecule has 5 nitrogen and oxygen atoms in total. The highest BCUT2D eigenvalue weighted by Crippen LogP contribution is 2.39. The second-order valence-electron chi connectivity index (χ2n) is 7.73. The van der Waals surface area contributed by atoms with Crippen LogP contribution in [0.3, 0.4) is 0 Å². The molecular weight excluding hydrogens is 350 g/mol. The first kappa shape index (κ1) is 17.0. The summed E-state index contributed by atoms with van der Waals surface area (Å²) in [6, 6.07) is 11.6. The minimum Gasteiger partial charge on any atom is -0.438 e. The topological polar surface area (TPSA) is 69.3 Å². The number of para-hydroxylation sites is 1. The Balaban J connectivity index is 1.61. The molecule has 2 N–H and O–H groups in total. The van der Waals surface area contributed by atoms with Crippen LogP contribution in [0.2, 0.25) is 0 Å². The Morgan fingerprint density at radius 3 is 2.75 bits per heavy atom. The third kappa shape index (κ3) is 2.70. The normalized spacial score (nSPS) is 15.4. The van der Waals surface area contributed by atoms with Gasteiger partial charge in [0.05, 0.1) is 0 Å². The first-order chi connectivity index (χ1) is 13.6. The highest BCUT2D eigenvalue weighted by Gasteiger charge is 2.27. The third-order valence-electron chi connectivity index (χ3n) is 5.89. The van der Waals surface area contributed by atoms with E-state index in [9.17, 15) is 4.79 Å². The van der Waals surface area contributed by atoms with Crippen molar-refractivity contribution in [3.63, 3.8) is 0 Å². The highest BCUT2D eigenvalue weighted by atomic mass is 16.3. The highest BCUT2D eigenvalue weighted by molar-refractivity contribution is 6.06. The minimum absolute atomic E-state index is 0.0808. The Morgan fingerprint density at radius 2 is 1.93 bits per heavy atom. The largest absolute Gasteiger partial charge is 0.438 e. The zero-order valence-electron chi connectivity index (χ0n) is 16.0. The van der Waals surface area contributed by atoms with E-state index >= 15 is 0 Å². The zero-order valence-corrected chi connectivity index (χ0v) is 16.0. The number of anilines is 2. The van der Waals surface area contributed by atoms with E-state index in [1.165, 1.54) is 16.8 Å². The molecule has 0 radical (unpaired) electrons. The van der Waals surface area contributed by atoms with Crippen molar-refractivity contribution < 1.29 is 9.21 Å². The van der Waals surface area contributed by atoms with Crippen molar-refractivity contribution in [1.82, 2.24) is 0 Å². The standard InChI is InChI=1S/C23H23N3O2/c1-14-6-2-3-9-19(14)25-23(27)18-13-16-12-15-7-4-10-26-11-5-8-17(20(15)26)21(16)28-22(18)24/h2-3,6,9,12-13,24H,4-5,7-8,10-11H2,1H3,(H,25,27). The van der Waals surface area contributed by atoms with Crippen molar-refractivity contribution in [2.45, 2.75) is 32.6 Å². The fourth-order valence-electron chi connectivity index (χ4n) is 4.53. The van der Waals surface area contributed by atoms with Gasteiger partial charge in [0.1, 0.15) is 11.1 Å². The van der Waals surface area contributed by atoms with Crippen molar-refractivity contribution in [1.29, 1.82) is 5.41 Å². The molecule has 5 heteroatoms. The van der Waals surface area contributed by atoms with E-state index in [0.717, 1.165) is 61.0 Å². The molecule has 3 aromatic rings. The van der Waals surface area contributed by atoms with Crippen LogP contribution in [0.5, 0.6) is 0 Å². The van der Waals surface area contributed by atoms with Crippen LogP contribution in [0.1, 0.15) is 39.9 Å². The molecule has 0 bridgehead atoms. The van der Waals surface area contributed by atoms with Gasteiger partial charge in [-0.3, -0.25) is 10.2 Å². The number of benzene rings is 2. The molecule has 2 aliphatic heterocycles. The van der Waals surface area contributed by atoms with E-state index < -0.39 is 0 Å². The molecule has 0 saturated heterocycles. The molecule has 1 amide bonds. The maximum absolute atomic E-state index is 12.8. The number of hydrogen-bond donors (Lipinski definition) is 2. The molecule has 5 rings (SSSR count). The van der Waals surface area contributed by atoms with E-state index in [1.807, 2.05) is 37.3 Å². The minimum atomic E-state index is -0.307. The fraction of sp³-hybridized carbons (Fsp3) is 0.304. The van der Waals surface area contributed by atoms with Crippen molar-refractivity contribution in [2.75, 3.05) is 23.3 Å². The Hall–Kier alpha value is -3.08. The number of hydrogen-bond acceptors (Lipinski definition) is 4. The van der Waals surface area contributed by atoms with Gasteiger partial charge in [-0.15, -0.1) is 0 Å². The average Bonchev–Trinajstić information content (AvgIpc) is 2.70. The fourth-order valence-corrected chi connectivity index (χ4v) is 4.53.